The first-order chi connectivity index (χ1) is 26.1. The quantitative estimate of drug-likeness (QED) is 0.0675. The topological polar surface area (TPSA) is 0 Å². The van der Waals surface area contributed by atoms with E-state index in [4.69, 9.17) is 11.6 Å². The van der Waals surface area contributed by atoms with Gasteiger partial charge < -0.3 is 0 Å². The van der Waals surface area contributed by atoms with E-state index in [1.807, 2.05) is 0 Å². The minimum atomic E-state index is -1.38. The van der Waals surface area contributed by atoms with E-state index in [-0.39, 0.29) is 0 Å². The maximum atomic E-state index is 6.97. The molecule has 6 aromatic rings. The van der Waals surface area contributed by atoms with E-state index in [2.05, 4.69) is 177 Å². The Morgan fingerprint density at radius 1 is 0.444 bits per heavy atom. The number of hydrogen-bond donors (Lipinski definition) is 0. The number of benzene rings is 6. The van der Waals surface area contributed by atoms with Crippen LogP contribution in [0.3, 0.4) is 0 Å². The first-order valence-corrected chi connectivity index (χ1v) is 24.8. The summed E-state index contributed by atoms with van der Waals surface area (Å²) >= 11 is 10.6. The molecule has 0 N–H and O–H groups in total. The lowest BCUT2D eigenvalue weighted by Crippen LogP contribution is -2.37. The minimum Gasteiger partial charge on any atom is -0.0843 e. The Morgan fingerprint density at radius 2 is 0.907 bits per heavy atom. The molecule has 54 heavy (non-hydrogen) atoms. The Hall–Kier alpha value is -3.69. The van der Waals surface area contributed by atoms with Gasteiger partial charge in [-0.15, -0.1) is 0 Å². The van der Waals surface area contributed by atoms with E-state index in [0.717, 1.165) is 22.3 Å². The third-order valence-electron chi connectivity index (χ3n) is 10.8. The van der Waals surface area contributed by atoms with Gasteiger partial charge in [-0.05, 0) is 129 Å². The van der Waals surface area contributed by atoms with Gasteiger partial charge in [0.25, 0.3) is 0 Å². The van der Waals surface area contributed by atoms with Crippen molar-refractivity contribution in [3.05, 3.63) is 148 Å². The van der Waals surface area contributed by atoms with Crippen molar-refractivity contribution >= 4 is 40.8 Å². The second kappa shape index (κ2) is 18.8. The van der Waals surface area contributed by atoms with Crippen molar-refractivity contribution in [1.29, 1.82) is 0 Å². The van der Waals surface area contributed by atoms with E-state index in [1.54, 1.807) is 0 Å². The molecular formula is C51H56BrClSi. The summed E-state index contributed by atoms with van der Waals surface area (Å²) in [5, 5.41) is 2.27. The lowest BCUT2D eigenvalue weighted by molar-refractivity contribution is 0.664. The van der Waals surface area contributed by atoms with E-state index in [1.165, 1.54) is 123 Å². The van der Waals surface area contributed by atoms with Crippen molar-refractivity contribution in [2.45, 2.75) is 97.7 Å². The molecule has 0 aliphatic carbocycles. The molecule has 0 unspecified atom stereocenters. The van der Waals surface area contributed by atoms with Gasteiger partial charge in [-0.25, -0.2) is 0 Å². The molecule has 0 amide bonds. The number of halogens is 2. The van der Waals surface area contributed by atoms with Crippen LogP contribution in [-0.4, -0.2) is 8.07 Å². The van der Waals surface area contributed by atoms with Crippen molar-refractivity contribution in [2.24, 2.45) is 0 Å². The van der Waals surface area contributed by atoms with Crippen LogP contribution in [0.4, 0.5) is 0 Å². The first kappa shape index (κ1) is 40.0. The normalized spacial score (nSPS) is 11.6. The Balaban J connectivity index is 1.42. The second-order valence-corrected chi connectivity index (χ2v) is 22.4. The molecule has 0 nitrogen and oxygen atoms in total. The molecular weight excluding hydrogens is 756 g/mol. The summed E-state index contributed by atoms with van der Waals surface area (Å²) in [7, 11) is -1.38. The summed E-state index contributed by atoms with van der Waals surface area (Å²) in [4.78, 5) is 0. The van der Waals surface area contributed by atoms with Crippen molar-refractivity contribution < 1.29 is 0 Å². The monoisotopic (exact) mass is 810 g/mol. The number of unbranched alkanes of at least 4 members (excludes halogenated alkanes) is 6. The lowest BCUT2D eigenvalue weighted by Gasteiger charge is -2.20. The van der Waals surface area contributed by atoms with Gasteiger partial charge in [0.1, 0.15) is 0 Å². The third-order valence-corrected chi connectivity index (χ3v) is 13.5. The Kier molecular flexibility index (Phi) is 13.9. The van der Waals surface area contributed by atoms with Gasteiger partial charge in [-0.3, -0.25) is 0 Å². The Morgan fingerprint density at radius 3 is 1.46 bits per heavy atom. The molecule has 0 bridgehead atoms. The molecule has 6 aromatic carbocycles. The second-order valence-electron chi connectivity index (χ2n) is 16.0. The Labute approximate surface area is 340 Å². The zero-order chi connectivity index (χ0) is 38.1. The maximum absolute atomic E-state index is 6.97. The van der Waals surface area contributed by atoms with Gasteiger partial charge in [0.2, 0.25) is 0 Å². The van der Waals surface area contributed by atoms with Gasteiger partial charge in [0, 0.05) is 9.50 Å². The van der Waals surface area contributed by atoms with Gasteiger partial charge in [0.15, 0.2) is 0 Å². The smallest absolute Gasteiger partial charge is 0.0775 e. The molecule has 278 valence electrons. The van der Waals surface area contributed by atoms with E-state index >= 15 is 0 Å². The molecule has 0 saturated heterocycles. The maximum Gasteiger partial charge on any atom is 0.0775 e. The van der Waals surface area contributed by atoms with Crippen molar-refractivity contribution in [3.8, 4) is 55.6 Å². The predicted octanol–water partition coefficient (Wildman–Crippen LogP) is 16.2. The zero-order valence-corrected chi connectivity index (χ0v) is 36.3. The van der Waals surface area contributed by atoms with E-state index in [0.29, 0.717) is 0 Å². The van der Waals surface area contributed by atoms with Crippen LogP contribution in [0.1, 0.15) is 76.3 Å². The van der Waals surface area contributed by atoms with Crippen LogP contribution < -0.4 is 5.19 Å². The van der Waals surface area contributed by atoms with Gasteiger partial charge in [-0.2, -0.15) is 0 Å². The van der Waals surface area contributed by atoms with Crippen LogP contribution in [0.15, 0.2) is 132 Å². The lowest BCUT2D eigenvalue weighted by atomic mass is 9.85. The molecule has 0 aliphatic heterocycles. The molecule has 0 aliphatic rings. The molecule has 0 atom stereocenters. The van der Waals surface area contributed by atoms with Crippen LogP contribution in [-0.2, 0) is 12.8 Å². The average molecular weight is 812 g/mol. The fourth-order valence-corrected chi connectivity index (χ4v) is 9.39. The molecule has 0 radical (unpaired) electrons. The SMILES string of the molecule is CCCCCCc1cc(-c2cc(Cl)cc(-c3ccc([Si](C)(C)C)cc3)c2)c(CCCCCC)cc1-c1cccc(-c2ccc(-c3cccc(Br)c3)cc2)c1. The molecule has 0 fully saturated rings. The highest BCUT2D eigenvalue weighted by Crippen LogP contribution is 2.39. The van der Waals surface area contributed by atoms with Crippen molar-refractivity contribution in [1.82, 2.24) is 0 Å². The van der Waals surface area contributed by atoms with Crippen LogP contribution in [0.25, 0.3) is 55.6 Å². The highest BCUT2D eigenvalue weighted by atomic mass is 79.9. The summed E-state index contributed by atoms with van der Waals surface area (Å²) in [5.41, 5.74) is 15.4. The molecule has 6 rings (SSSR count). The third kappa shape index (κ3) is 10.3. The predicted molar refractivity (Wildman–Crippen MR) is 245 cm³/mol. The zero-order valence-electron chi connectivity index (χ0n) is 33.0. The standard InChI is InChI=1S/C51H56BrClSi/c1-6-8-10-12-16-43-36-51(46-31-45(33-48(53)34-46)39-26-28-49(29-27-39)54(3,4)5)44(17-13-11-9-7-2)35-50(43)42-20-14-18-40(30-42)37-22-24-38(25-23-37)41-19-15-21-47(52)32-41/h14-15,18-36H,6-13,16-17H2,1-5H3. The highest BCUT2D eigenvalue weighted by molar-refractivity contribution is 9.10. The van der Waals surface area contributed by atoms with Crippen molar-refractivity contribution in [3.63, 3.8) is 0 Å². The summed E-state index contributed by atoms with van der Waals surface area (Å²) in [5.74, 6) is 0. The van der Waals surface area contributed by atoms with Gasteiger partial charge >= 0.3 is 0 Å². The van der Waals surface area contributed by atoms with Crippen LogP contribution in [0.2, 0.25) is 24.7 Å². The van der Waals surface area contributed by atoms with Crippen LogP contribution >= 0.6 is 27.5 Å². The average Bonchev–Trinajstić information content (AvgIpc) is 3.18. The summed E-state index contributed by atoms with van der Waals surface area (Å²) in [6.45, 7) is 11.8. The van der Waals surface area contributed by atoms with Crippen LogP contribution in [0.5, 0.6) is 0 Å². The van der Waals surface area contributed by atoms with Gasteiger partial charge in [-0.1, -0.05) is 196 Å². The molecule has 0 heterocycles. The number of hydrogen-bond acceptors (Lipinski definition) is 0. The fraction of sp³-hybridized carbons (Fsp3) is 0.294. The first-order valence-electron chi connectivity index (χ1n) is 20.2. The van der Waals surface area contributed by atoms with E-state index in [9.17, 15) is 0 Å². The summed E-state index contributed by atoms with van der Waals surface area (Å²) in [6.07, 6.45) is 12.0. The van der Waals surface area contributed by atoms with Crippen LogP contribution in [0, 0.1) is 0 Å². The van der Waals surface area contributed by atoms with E-state index < -0.39 is 8.07 Å². The Bertz CT molecular complexity index is 2140. The summed E-state index contributed by atoms with van der Waals surface area (Å²) in [6, 6.07) is 47.7. The minimum absolute atomic E-state index is 0.792. The molecule has 3 heteroatoms. The molecule has 0 spiro atoms. The fourth-order valence-electron chi connectivity index (χ4n) is 7.59. The van der Waals surface area contributed by atoms with Gasteiger partial charge in [0.05, 0.1) is 8.07 Å². The van der Waals surface area contributed by atoms with Crippen molar-refractivity contribution in [2.75, 3.05) is 0 Å². The largest absolute Gasteiger partial charge is 0.0843 e. The summed E-state index contributed by atoms with van der Waals surface area (Å²) < 4.78 is 1.10. The number of aryl methyl sites for hydroxylation is 2. The molecule has 0 aromatic heterocycles. The highest BCUT2D eigenvalue weighted by Gasteiger charge is 2.18. The molecule has 0 saturated carbocycles. The number of rotatable bonds is 16.